The minimum Gasteiger partial charge on any atom is -0.481 e. The van der Waals surface area contributed by atoms with Crippen LogP contribution in [0, 0.1) is 0 Å². The van der Waals surface area contributed by atoms with Gasteiger partial charge in [-0.2, -0.15) is 5.10 Å². The molecular weight excluding hydrogens is 495 g/mol. The molecule has 0 aliphatic carbocycles. The highest BCUT2D eigenvalue weighted by Crippen LogP contribution is 2.35. The average Bonchev–Trinajstić information content (AvgIpc) is 3.18. The number of carbonyl (C=O) groups is 2. The van der Waals surface area contributed by atoms with Crippen molar-refractivity contribution in [3.63, 3.8) is 0 Å². The highest BCUT2D eigenvalue weighted by Gasteiger charge is 2.19. The second-order valence-corrected chi connectivity index (χ2v) is 9.01. The number of nitrogens with one attached hydrogen (secondary N) is 1. The van der Waals surface area contributed by atoms with E-state index in [9.17, 15) is 9.59 Å². The van der Waals surface area contributed by atoms with E-state index in [4.69, 9.17) is 32.7 Å². The van der Waals surface area contributed by atoms with E-state index >= 15 is 0 Å². The minimum absolute atomic E-state index is 0.353. The summed E-state index contributed by atoms with van der Waals surface area (Å²) in [5.41, 5.74) is 3.13. The lowest BCUT2D eigenvalue weighted by molar-refractivity contribution is -0.127. The number of thiophene rings is 1. The predicted octanol–water partition coefficient (Wildman–Crippen LogP) is 6.34. The largest absolute Gasteiger partial charge is 0.481 e. The molecule has 0 fully saturated rings. The van der Waals surface area contributed by atoms with Crippen LogP contribution >= 0.6 is 34.5 Å². The van der Waals surface area contributed by atoms with Crippen molar-refractivity contribution in [2.75, 3.05) is 0 Å². The molecule has 0 saturated carbocycles. The maximum absolute atomic E-state index is 12.6. The van der Waals surface area contributed by atoms with Crippen molar-refractivity contribution >= 4 is 62.7 Å². The van der Waals surface area contributed by atoms with Gasteiger partial charge in [0.1, 0.15) is 16.4 Å². The number of ether oxygens (including phenoxy) is 2. The van der Waals surface area contributed by atoms with E-state index in [0.29, 0.717) is 32.0 Å². The number of carbonyl (C=O) groups excluding carboxylic acids is 2. The molecule has 0 unspecified atom stereocenters. The molecule has 172 valence electrons. The number of hydrogen-bond donors (Lipinski definition) is 1. The Morgan fingerprint density at radius 3 is 2.35 bits per heavy atom. The third-order valence-electron chi connectivity index (χ3n) is 4.70. The maximum atomic E-state index is 12.6. The topological polar surface area (TPSA) is 77.0 Å². The molecule has 6 nitrogen and oxygen atoms in total. The molecule has 1 amide bonds. The van der Waals surface area contributed by atoms with Crippen LogP contribution in [-0.4, -0.2) is 24.2 Å². The molecule has 3 aromatic carbocycles. The van der Waals surface area contributed by atoms with Gasteiger partial charge in [-0.25, -0.2) is 10.2 Å². The zero-order chi connectivity index (χ0) is 24.1. The Hall–Kier alpha value is -3.39. The van der Waals surface area contributed by atoms with E-state index in [1.165, 1.54) is 17.6 Å². The van der Waals surface area contributed by atoms with Crippen LogP contribution < -0.4 is 14.9 Å². The number of hydrazone groups is 1. The summed E-state index contributed by atoms with van der Waals surface area (Å²) in [6.45, 7) is 1.62. The first-order valence-electron chi connectivity index (χ1n) is 10.1. The van der Waals surface area contributed by atoms with Crippen LogP contribution in [0.4, 0.5) is 0 Å². The van der Waals surface area contributed by atoms with E-state index in [1.807, 2.05) is 24.3 Å². The predicted molar refractivity (Wildman–Crippen MR) is 136 cm³/mol. The summed E-state index contributed by atoms with van der Waals surface area (Å²) >= 11 is 13.5. The highest BCUT2D eigenvalue weighted by molar-refractivity contribution is 7.21. The minimum atomic E-state index is -0.749. The van der Waals surface area contributed by atoms with E-state index in [2.05, 4.69) is 10.5 Å². The van der Waals surface area contributed by atoms with Crippen LogP contribution in [0.5, 0.6) is 11.5 Å². The molecule has 0 bridgehead atoms. The number of fused-ring (bicyclic) bond motifs is 1. The van der Waals surface area contributed by atoms with Gasteiger partial charge in [-0.05, 0) is 67.1 Å². The van der Waals surface area contributed by atoms with Crippen LogP contribution in [0.15, 0.2) is 77.9 Å². The van der Waals surface area contributed by atoms with E-state index in [0.717, 1.165) is 10.1 Å². The molecule has 1 heterocycles. The summed E-state index contributed by atoms with van der Waals surface area (Å²) in [4.78, 5) is 25.1. The van der Waals surface area contributed by atoms with Gasteiger partial charge in [-0.1, -0.05) is 41.4 Å². The molecule has 0 saturated heterocycles. The first-order chi connectivity index (χ1) is 16.4. The van der Waals surface area contributed by atoms with Crippen LogP contribution in [0.3, 0.4) is 0 Å². The SMILES string of the molecule is C[C@H](Oc1ccc(Cl)cc1)C(=O)N/N=C\c1ccc(OC(=O)c2sc3ccccc3c2Cl)cc1. The van der Waals surface area contributed by atoms with Crippen LogP contribution in [0.1, 0.15) is 22.2 Å². The number of rotatable bonds is 7. The molecule has 4 aromatic rings. The van der Waals surface area contributed by atoms with Crippen molar-refractivity contribution in [3.05, 3.63) is 93.3 Å². The molecule has 0 spiro atoms. The van der Waals surface area contributed by atoms with Crippen molar-refractivity contribution in [2.45, 2.75) is 13.0 Å². The van der Waals surface area contributed by atoms with Crippen molar-refractivity contribution in [1.29, 1.82) is 0 Å². The summed E-state index contributed by atoms with van der Waals surface area (Å²) in [6, 6.07) is 20.9. The van der Waals surface area contributed by atoms with Gasteiger partial charge < -0.3 is 9.47 Å². The number of amides is 1. The fourth-order valence-corrected chi connectivity index (χ4v) is 4.46. The molecule has 9 heteroatoms. The Kier molecular flexibility index (Phi) is 7.47. The number of esters is 1. The van der Waals surface area contributed by atoms with Gasteiger partial charge in [0.2, 0.25) is 0 Å². The van der Waals surface area contributed by atoms with Gasteiger partial charge in [0.15, 0.2) is 6.10 Å². The summed E-state index contributed by atoms with van der Waals surface area (Å²) in [6.07, 6.45) is 0.724. The molecule has 1 atom stereocenters. The quantitative estimate of drug-likeness (QED) is 0.135. The van der Waals surface area contributed by atoms with Crippen molar-refractivity contribution in [1.82, 2.24) is 5.43 Å². The van der Waals surface area contributed by atoms with Gasteiger partial charge in [-0.15, -0.1) is 11.3 Å². The van der Waals surface area contributed by atoms with Gasteiger partial charge in [-0.3, -0.25) is 4.79 Å². The molecule has 1 aromatic heterocycles. The number of hydrogen-bond acceptors (Lipinski definition) is 6. The smallest absolute Gasteiger partial charge is 0.355 e. The van der Waals surface area contributed by atoms with Crippen LogP contribution in [0.25, 0.3) is 10.1 Å². The van der Waals surface area contributed by atoms with Gasteiger partial charge in [0, 0.05) is 15.1 Å². The molecule has 0 aliphatic rings. The van der Waals surface area contributed by atoms with Crippen molar-refractivity contribution < 1.29 is 19.1 Å². The highest BCUT2D eigenvalue weighted by atomic mass is 35.5. The van der Waals surface area contributed by atoms with Crippen molar-refractivity contribution in [2.24, 2.45) is 5.10 Å². The van der Waals surface area contributed by atoms with Crippen LogP contribution in [0.2, 0.25) is 10.0 Å². The number of benzene rings is 3. The Bertz CT molecular complexity index is 1350. The van der Waals surface area contributed by atoms with Gasteiger partial charge in [0.25, 0.3) is 5.91 Å². The fourth-order valence-electron chi connectivity index (χ4n) is 2.95. The Morgan fingerprint density at radius 1 is 0.971 bits per heavy atom. The van der Waals surface area contributed by atoms with Crippen LogP contribution in [-0.2, 0) is 4.79 Å². The molecule has 0 aliphatic heterocycles. The summed E-state index contributed by atoms with van der Waals surface area (Å²) < 4.78 is 11.9. The first-order valence-corrected chi connectivity index (χ1v) is 11.7. The van der Waals surface area contributed by atoms with Gasteiger partial charge >= 0.3 is 5.97 Å². The Balaban J connectivity index is 1.31. The molecular formula is C25H18Cl2N2O4S. The average molecular weight is 513 g/mol. The van der Waals surface area contributed by atoms with E-state index < -0.39 is 18.0 Å². The first kappa shape index (κ1) is 23.8. The number of halogens is 2. The third kappa shape index (κ3) is 5.75. The normalized spacial score (nSPS) is 12.0. The Labute approximate surface area is 209 Å². The van der Waals surface area contributed by atoms with Gasteiger partial charge in [0.05, 0.1) is 11.2 Å². The van der Waals surface area contributed by atoms with E-state index in [1.54, 1.807) is 55.5 Å². The zero-order valence-corrected chi connectivity index (χ0v) is 20.2. The fraction of sp³-hybridized carbons (Fsp3) is 0.0800. The standard InChI is InChI=1S/C25H18Cl2N2O4S/c1-15(32-18-12-8-17(26)9-13-18)24(30)29-28-14-16-6-10-19(11-7-16)33-25(31)23-22(27)20-4-2-3-5-21(20)34-23/h2-15H,1H3,(H,29,30)/b28-14-/t15-/m0/s1. The maximum Gasteiger partial charge on any atom is 0.355 e. The second-order valence-electron chi connectivity index (χ2n) is 7.15. The summed E-state index contributed by atoms with van der Waals surface area (Å²) in [5, 5.41) is 5.74. The lowest BCUT2D eigenvalue weighted by Gasteiger charge is -2.12. The lowest BCUT2D eigenvalue weighted by Crippen LogP contribution is -2.33. The molecule has 4 rings (SSSR count). The molecule has 34 heavy (non-hydrogen) atoms. The lowest BCUT2D eigenvalue weighted by atomic mass is 10.2. The second kappa shape index (κ2) is 10.7. The Morgan fingerprint density at radius 2 is 1.65 bits per heavy atom. The zero-order valence-electron chi connectivity index (χ0n) is 17.8. The number of nitrogens with zero attached hydrogens (tertiary/aromatic N) is 1. The van der Waals surface area contributed by atoms with Crippen molar-refractivity contribution in [3.8, 4) is 11.5 Å². The summed E-state index contributed by atoms with van der Waals surface area (Å²) in [5.74, 6) is -0.0330. The van der Waals surface area contributed by atoms with E-state index in [-0.39, 0.29) is 0 Å². The molecule has 0 radical (unpaired) electrons. The monoisotopic (exact) mass is 512 g/mol. The summed E-state index contributed by atoms with van der Waals surface area (Å²) in [7, 11) is 0. The molecule has 1 N–H and O–H groups in total. The third-order valence-corrected chi connectivity index (χ3v) is 6.60.